The summed E-state index contributed by atoms with van der Waals surface area (Å²) in [4.78, 5) is 73.8. The number of alkyl carbamates (subject to hydrolysis) is 2. The van der Waals surface area contributed by atoms with E-state index in [1.807, 2.05) is 42.8 Å². The molecule has 9 atom stereocenters. The van der Waals surface area contributed by atoms with Crippen molar-refractivity contribution in [2.75, 3.05) is 14.2 Å². The summed E-state index contributed by atoms with van der Waals surface area (Å²) in [5.41, 5.74) is 6.63. The van der Waals surface area contributed by atoms with E-state index in [9.17, 15) is 19.2 Å². The summed E-state index contributed by atoms with van der Waals surface area (Å²) < 4.78 is 22.2. The van der Waals surface area contributed by atoms with Gasteiger partial charge in [0.05, 0.1) is 61.4 Å². The Morgan fingerprint density at radius 2 is 1.64 bits per heavy atom. The molecular weight excluding hydrogens is 817 g/mol. The molecule has 4 N–H and O–H groups in total. The van der Waals surface area contributed by atoms with Crippen LogP contribution in [0.3, 0.4) is 0 Å². The maximum absolute atomic E-state index is 14.5. The molecule has 1 unspecified atom stereocenters. The average molecular weight is 873 g/mol. The summed E-state index contributed by atoms with van der Waals surface area (Å²) in [5, 5.41) is 7.65. The molecule has 4 saturated heterocycles. The van der Waals surface area contributed by atoms with Crippen LogP contribution in [0.1, 0.15) is 102 Å². The number of fused-ring (bicyclic) bond motifs is 7. The Hall–Kier alpha value is -6.16. The zero-order valence-corrected chi connectivity index (χ0v) is 37.1. The molecule has 0 radical (unpaired) electrons. The molecule has 5 aromatic rings. The molecule has 16 nitrogen and oxygen atoms in total. The lowest BCUT2D eigenvalue weighted by Gasteiger charge is -2.41. The first-order valence-corrected chi connectivity index (χ1v) is 22.7. The Morgan fingerprint density at radius 1 is 0.859 bits per heavy atom. The minimum atomic E-state index is -0.745. The van der Waals surface area contributed by atoms with E-state index < -0.39 is 24.3 Å². The number of aromatic amines is 2. The third-order valence-electron chi connectivity index (χ3n) is 14.5. The highest BCUT2D eigenvalue weighted by Gasteiger charge is 2.49. The van der Waals surface area contributed by atoms with Gasteiger partial charge in [-0.25, -0.2) is 19.6 Å². The van der Waals surface area contributed by atoms with Crippen molar-refractivity contribution in [2.24, 2.45) is 11.8 Å². The lowest BCUT2D eigenvalue weighted by molar-refractivity contribution is -0.142. The van der Waals surface area contributed by atoms with E-state index in [0.29, 0.717) is 25.3 Å². The van der Waals surface area contributed by atoms with E-state index in [-0.39, 0.29) is 60.0 Å². The number of piperidine rings is 1. The smallest absolute Gasteiger partial charge is 0.407 e. The number of ether oxygens (including phenoxy) is 4. The normalized spacial score (nSPS) is 28.0. The number of hydrogen-bond donors (Lipinski definition) is 4. The number of likely N-dealkylation sites (tertiary alicyclic amines) is 1. The molecule has 336 valence electrons. The number of imidazole rings is 2. The van der Waals surface area contributed by atoms with E-state index in [0.717, 1.165) is 93.4 Å². The number of aromatic nitrogens is 4. The molecule has 4 fully saturated rings. The van der Waals surface area contributed by atoms with E-state index in [1.165, 1.54) is 14.2 Å². The number of methoxy groups -OCH3 is 2. The molecule has 0 saturated carbocycles. The number of benzene rings is 3. The van der Waals surface area contributed by atoms with Gasteiger partial charge in [0, 0.05) is 23.0 Å². The first kappa shape index (κ1) is 41.8. The molecule has 10 rings (SSSR count). The van der Waals surface area contributed by atoms with Crippen LogP contribution in [-0.2, 0) is 30.4 Å². The lowest BCUT2D eigenvalue weighted by Crippen LogP contribution is -2.58. The third-order valence-corrected chi connectivity index (χ3v) is 14.5. The van der Waals surface area contributed by atoms with Crippen molar-refractivity contribution in [3.05, 3.63) is 65.9 Å². The van der Waals surface area contributed by atoms with Crippen LogP contribution in [0, 0.1) is 11.8 Å². The number of amides is 4. The summed E-state index contributed by atoms with van der Waals surface area (Å²) in [6, 6.07) is 12.9. The number of rotatable bonds is 7. The molecule has 2 aromatic heterocycles. The second kappa shape index (κ2) is 16.4. The van der Waals surface area contributed by atoms with Crippen molar-refractivity contribution in [2.45, 2.75) is 128 Å². The van der Waals surface area contributed by atoms with Crippen LogP contribution in [0.15, 0.2) is 48.7 Å². The molecule has 4 amide bonds. The number of hydrogen-bond acceptors (Lipinski definition) is 10. The molecule has 16 heteroatoms. The lowest BCUT2D eigenvalue weighted by atomic mass is 9.85. The standard InChI is InChI=1S/C48H56N8O8/c1-23-15-31-10-14-38(56(31)45(57)40(23)53-47(59)61-5)44-50-35-12-9-27-19-34-32-11-8-28(18-30(32)22-63-39(34)20-33(27)42(35)52-44)36-21-49-43(51-36)37-13-7-24(2)55(37)46(58)41(54-48(60)62-6)29-16-25(3)64-26(4)17-29/h8-9,11-12,18-21,23-26,29,31,37-38,40-41H,7,10,13-17,22H2,1-6H3,(H,49,51)(H,50,52)(H,53,59)(H,54,60)/t23?,24-,25+,26+,31+,37-,38-,40-,41-/m0/s1. The van der Waals surface area contributed by atoms with Gasteiger partial charge in [-0.2, -0.15) is 0 Å². The Kier molecular flexibility index (Phi) is 10.7. The SMILES string of the molecule is COC(=O)N[C@@H]1C(=O)N2[C@H](CC[C@H]2c2nc3ccc4cc5c(cc4c3[nH]2)OCc2cc(-c3cnc([C@@H]4CC[C@H](C)N4C(=O)[C@@H](NC(=O)OC)C4C[C@@H](C)O[C@H](C)C4)[nH]3)ccc2-5)CC1C. The van der Waals surface area contributed by atoms with Crippen LogP contribution >= 0.6 is 0 Å². The largest absolute Gasteiger partial charge is 0.488 e. The fourth-order valence-corrected chi connectivity index (χ4v) is 11.4. The summed E-state index contributed by atoms with van der Waals surface area (Å²) in [6.07, 6.45) is 5.87. The molecule has 0 aliphatic carbocycles. The van der Waals surface area contributed by atoms with Gasteiger partial charge in [-0.3, -0.25) is 9.59 Å². The van der Waals surface area contributed by atoms with Gasteiger partial charge in [0.15, 0.2) is 0 Å². The number of H-pyrrole nitrogens is 2. The Labute approximate surface area is 371 Å². The van der Waals surface area contributed by atoms with E-state index in [2.05, 4.69) is 63.9 Å². The molecule has 64 heavy (non-hydrogen) atoms. The highest BCUT2D eigenvalue weighted by molar-refractivity contribution is 6.07. The second-order valence-corrected chi connectivity index (χ2v) is 18.6. The van der Waals surface area contributed by atoms with Crippen LogP contribution in [0.2, 0.25) is 0 Å². The highest BCUT2D eigenvalue weighted by Crippen LogP contribution is 2.46. The average Bonchev–Trinajstić information content (AvgIpc) is 4.11. The molecule has 5 aliphatic rings. The van der Waals surface area contributed by atoms with Gasteiger partial charge < -0.3 is 49.3 Å². The minimum Gasteiger partial charge on any atom is -0.488 e. The molecule has 0 spiro atoms. The van der Waals surface area contributed by atoms with Gasteiger partial charge in [0.25, 0.3) is 0 Å². The number of nitrogens with zero attached hydrogens (tertiary/aromatic N) is 4. The Bertz CT molecular complexity index is 2650. The molecule has 3 aromatic carbocycles. The van der Waals surface area contributed by atoms with E-state index >= 15 is 0 Å². The molecule has 5 aliphatic heterocycles. The van der Waals surface area contributed by atoms with Gasteiger partial charge >= 0.3 is 12.2 Å². The summed E-state index contributed by atoms with van der Waals surface area (Å²) in [5.74, 6) is 1.90. The number of nitrogens with one attached hydrogen (secondary N) is 4. The summed E-state index contributed by atoms with van der Waals surface area (Å²) in [6.45, 7) is 8.45. The van der Waals surface area contributed by atoms with Gasteiger partial charge in [0.1, 0.15) is 36.1 Å². The first-order valence-electron chi connectivity index (χ1n) is 22.7. The molecule has 7 heterocycles. The predicted octanol–water partition coefficient (Wildman–Crippen LogP) is 7.44. The van der Waals surface area contributed by atoms with E-state index in [4.69, 9.17) is 28.9 Å². The number of carbonyl (C=O) groups is 4. The Balaban J connectivity index is 0.892. The van der Waals surface area contributed by atoms with E-state index in [1.54, 1.807) is 0 Å². The highest BCUT2D eigenvalue weighted by atomic mass is 16.5. The molecular formula is C48H56N8O8. The van der Waals surface area contributed by atoms with Gasteiger partial charge in [-0.1, -0.05) is 25.1 Å². The zero-order chi connectivity index (χ0) is 44.6. The minimum absolute atomic E-state index is 0.00234. The molecule has 0 bridgehead atoms. The van der Waals surface area contributed by atoms with Crippen LogP contribution in [0.25, 0.3) is 44.2 Å². The van der Waals surface area contributed by atoms with Crippen molar-refractivity contribution in [3.63, 3.8) is 0 Å². The van der Waals surface area contributed by atoms with Crippen LogP contribution in [0.4, 0.5) is 9.59 Å². The zero-order valence-electron chi connectivity index (χ0n) is 37.1. The van der Waals surface area contributed by atoms with Crippen LogP contribution < -0.4 is 15.4 Å². The fraction of sp³-hybridized carbons (Fsp3) is 0.500. The first-order chi connectivity index (χ1) is 30.9. The Morgan fingerprint density at radius 3 is 2.42 bits per heavy atom. The maximum Gasteiger partial charge on any atom is 0.407 e. The predicted molar refractivity (Wildman–Crippen MR) is 237 cm³/mol. The number of carbonyl (C=O) groups excluding carboxylic acids is 4. The van der Waals surface area contributed by atoms with Crippen molar-refractivity contribution in [1.82, 2.24) is 40.4 Å². The monoisotopic (exact) mass is 872 g/mol. The summed E-state index contributed by atoms with van der Waals surface area (Å²) in [7, 11) is 2.62. The van der Waals surface area contributed by atoms with Gasteiger partial charge in [0.2, 0.25) is 11.8 Å². The van der Waals surface area contributed by atoms with Crippen molar-refractivity contribution in [3.8, 4) is 28.1 Å². The topological polar surface area (TPSA) is 193 Å². The third kappa shape index (κ3) is 7.28. The van der Waals surface area contributed by atoms with Crippen molar-refractivity contribution < 1.29 is 38.1 Å². The van der Waals surface area contributed by atoms with Crippen molar-refractivity contribution >= 4 is 45.8 Å². The maximum atomic E-state index is 14.5. The summed E-state index contributed by atoms with van der Waals surface area (Å²) >= 11 is 0. The second-order valence-electron chi connectivity index (χ2n) is 18.6. The van der Waals surface area contributed by atoms with Crippen LogP contribution in [-0.4, -0.2) is 104 Å². The quantitative estimate of drug-likeness (QED) is 0.128. The van der Waals surface area contributed by atoms with Crippen LogP contribution in [0.5, 0.6) is 5.75 Å². The van der Waals surface area contributed by atoms with Gasteiger partial charge in [-0.15, -0.1) is 0 Å². The van der Waals surface area contributed by atoms with Gasteiger partial charge in [-0.05, 0) is 124 Å². The van der Waals surface area contributed by atoms with Crippen molar-refractivity contribution in [1.29, 1.82) is 0 Å². The fourth-order valence-electron chi connectivity index (χ4n) is 11.4.